The summed E-state index contributed by atoms with van der Waals surface area (Å²) in [4.78, 5) is 11.9. The minimum absolute atomic E-state index is 0.126. The van der Waals surface area contributed by atoms with Crippen molar-refractivity contribution in [2.24, 2.45) is 5.92 Å². The lowest BCUT2D eigenvalue weighted by Gasteiger charge is -2.22. The summed E-state index contributed by atoms with van der Waals surface area (Å²) in [5.41, 5.74) is 2.21. The van der Waals surface area contributed by atoms with Gasteiger partial charge in [-0.3, -0.25) is 4.79 Å². The number of carbonyl (C=O) groups is 1. The predicted molar refractivity (Wildman–Crippen MR) is 76.0 cm³/mol. The molecule has 1 aromatic rings. The first-order valence-electron chi connectivity index (χ1n) is 7.11. The minimum atomic E-state index is -0.161. The van der Waals surface area contributed by atoms with E-state index in [2.05, 4.69) is 37.4 Å². The summed E-state index contributed by atoms with van der Waals surface area (Å²) in [6.07, 6.45) is 0.916. The average molecular weight is 275 g/mol. The number of para-hydroxylation sites is 1. The van der Waals surface area contributed by atoms with Gasteiger partial charge in [-0.2, -0.15) is 0 Å². The second kappa shape index (κ2) is 4.77. The van der Waals surface area contributed by atoms with Gasteiger partial charge in [-0.25, -0.2) is 0 Å². The van der Waals surface area contributed by atoms with Gasteiger partial charge in [-0.1, -0.05) is 18.2 Å². The standard InChI is InChI=1S/C16H21NO3/c1-16(2)7-10-5-4-6-11(14(10)20-16)12-8-17-9-13(12)15(18)19-3/h4-6,12-13,17H,7-9H2,1-3H3. The Morgan fingerprint density at radius 1 is 1.40 bits per heavy atom. The summed E-state index contributed by atoms with van der Waals surface area (Å²) >= 11 is 0. The van der Waals surface area contributed by atoms with Gasteiger partial charge in [0.05, 0.1) is 13.0 Å². The van der Waals surface area contributed by atoms with Crippen molar-refractivity contribution >= 4 is 5.97 Å². The van der Waals surface area contributed by atoms with Crippen LogP contribution in [0.4, 0.5) is 0 Å². The van der Waals surface area contributed by atoms with Gasteiger partial charge >= 0.3 is 5.97 Å². The molecule has 2 aliphatic rings. The van der Waals surface area contributed by atoms with Gasteiger partial charge in [-0.05, 0) is 25.0 Å². The number of carbonyl (C=O) groups excluding carboxylic acids is 1. The van der Waals surface area contributed by atoms with Crippen molar-refractivity contribution in [1.29, 1.82) is 0 Å². The Balaban J connectivity index is 1.96. The van der Waals surface area contributed by atoms with Crippen LogP contribution in [-0.4, -0.2) is 31.8 Å². The van der Waals surface area contributed by atoms with E-state index in [0.29, 0.717) is 6.54 Å². The molecule has 20 heavy (non-hydrogen) atoms. The topological polar surface area (TPSA) is 47.6 Å². The van der Waals surface area contributed by atoms with E-state index in [0.717, 1.165) is 24.3 Å². The third-order valence-electron chi connectivity index (χ3n) is 4.24. The zero-order chi connectivity index (χ0) is 14.3. The SMILES string of the molecule is COC(=O)C1CNCC1c1cccc2c1OC(C)(C)C2. The Hall–Kier alpha value is -1.55. The third kappa shape index (κ3) is 2.18. The van der Waals surface area contributed by atoms with Crippen LogP contribution >= 0.6 is 0 Å². The molecule has 3 rings (SSSR count). The quantitative estimate of drug-likeness (QED) is 0.837. The van der Waals surface area contributed by atoms with Gasteiger partial charge in [0.2, 0.25) is 0 Å². The Morgan fingerprint density at radius 2 is 2.20 bits per heavy atom. The van der Waals surface area contributed by atoms with Crippen LogP contribution in [0.3, 0.4) is 0 Å². The van der Waals surface area contributed by atoms with E-state index in [1.54, 1.807) is 0 Å². The number of fused-ring (bicyclic) bond motifs is 1. The van der Waals surface area contributed by atoms with Crippen molar-refractivity contribution in [2.75, 3.05) is 20.2 Å². The normalized spacial score (nSPS) is 26.9. The molecule has 0 spiro atoms. The molecular formula is C16H21NO3. The fourth-order valence-corrected chi connectivity index (χ4v) is 3.34. The smallest absolute Gasteiger partial charge is 0.310 e. The summed E-state index contributed by atoms with van der Waals surface area (Å²) in [6, 6.07) is 6.25. The molecule has 4 nitrogen and oxygen atoms in total. The summed E-state index contributed by atoms with van der Waals surface area (Å²) in [7, 11) is 1.45. The molecule has 0 saturated carbocycles. The Labute approximate surface area is 119 Å². The number of rotatable bonds is 2. The van der Waals surface area contributed by atoms with Gasteiger partial charge in [0.15, 0.2) is 0 Å². The van der Waals surface area contributed by atoms with Gasteiger partial charge in [0.1, 0.15) is 11.4 Å². The number of nitrogens with one attached hydrogen (secondary N) is 1. The molecule has 2 atom stereocenters. The van der Waals surface area contributed by atoms with E-state index in [1.165, 1.54) is 12.7 Å². The highest BCUT2D eigenvalue weighted by atomic mass is 16.5. The van der Waals surface area contributed by atoms with Crippen molar-refractivity contribution in [3.63, 3.8) is 0 Å². The number of hydrogen-bond acceptors (Lipinski definition) is 4. The maximum Gasteiger partial charge on any atom is 0.310 e. The summed E-state index contributed by atoms with van der Waals surface area (Å²) < 4.78 is 11.0. The zero-order valence-electron chi connectivity index (χ0n) is 12.2. The van der Waals surface area contributed by atoms with Crippen molar-refractivity contribution in [3.05, 3.63) is 29.3 Å². The molecule has 0 amide bonds. The van der Waals surface area contributed by atoms with Crippen LogP contribution < -0.4 is 10.1 Å². The molecule has 1 aromatic carbocycles. The lowest BCUT2D eigenvalue weighted by Crippen LogP contribution is -2.26. The molecule has 0 aromatic heterocycles. The monoisotopic (exact) mass is 275 g/mol. The largest absolute Gasteiger partial charge is 0.487 e. The van der Waals surface area contributed by atoms with Gasteiger partial charge < -0.3 is 14.8 Å². The molecule has 0 bridgehead atoms. The molecule has 0 aliphatic carbocycles. The Bertz CT molecular complexity index is 539. The molecule has 2 heterocycles. The molecule has 4 heteroatoms. The third-order valence-corrected chi connectivity index (χ3v) is 4.24. The zero-order valence-corrected chi connectivity index (χ0v) is 12.2. The van der Waals surface area contributed by atoms with E-state index in [-0.39, 0.29) is 23.4 Å². The van der Waals surface area contributed by atoms with Crippen LogP contribution in [0.2, 0.25) is 0 Å². The summed E-state index contributed by atoms with van der Waals surface area (Å²) in [5, 5.41) is 3.29. The number of hydrogen-bond donors (Lipinski definition) is 1. The summed E-state index contributed by atoms with van der Waals surface area (Å²) in [5.74, 6) is 0.833. The van der Waals surface area contributed by atoms with E-state index in [9.17, 15) is 4.79 Å². The van der Waals surface area contributed by atoms with Crippen molar-refractivity contribution < 1.29 is 14.3 Å². The van der Waals surface area contributed by atoms with E-state index < -0.39 is 0 Å². The van der Waals surface area contributed by atoms with E-state index in [4.69, 9.17) is 9.47 Å². The molecule has 1 fully saturated rings. The maximum atomic E-state index is 11.9. The Morgan fingerprint density at radius 3 is 2.95 bits per heavy atom. The Kier molecular flexibility index (Phi) is 3.21. The second-order valence-corrected chi connectivity index (χ2v) is 6.27. The highest BCUT2D eigenvalue weighted by molar-refractivity contribution is 5.75. The first kappa shape index (κ1) is 13.4. The number of esters is 1. The van der Waals surface area contributed by atoms with Crippen LogP contribution in [-0.2, 0) is 16.0 Å². The fraction of sp³-hybridized carbons (Fsp3) is 0.562. The summed E-state index contributed by atoms with van der Waals surface area (Å²) in [6.45, 7) is 5.66. The van der Waals surface area contributed by atoms with Crippen LogP contribution in [0.25, 0.3) is 0 Å². The second-order valence-electron chi connectivity index (χ2n) is 6.27. The maximum absolute atomic E-state index is 11.9. The van der Waals surface area contributed by atoms with Crippen molar-refractivity contribution in [1.82, 2.24) is 5.32 Å². The average Bonchev–Trinajstić information content (AvgIpc) is 2.99. The number of ether oxygens (including phenoxy) is 2. The lowest BCUT2D eigenvalue weighted by molar-refractivity contribution is -0.145. The molecule has 2 unspecified atom stereocenters. The molecule has 1 N–H and O–H groups in total. The molecule has 2 aliphatic heterocycles. The first-order chi connectivity index (χ1) is 9.52. The van der Waals surface area contributed by atoms with Crippen LogP contribution in [0.1, 0.15) is 30.9 Å². The number of benzene rings is 1. The highest BCUT2D eigenvalue weighted by Gasteiger charge is 2.39. The lowest BCUT2D eigenvalue weighted by atomic mass is 9.87. The molecular weight excluding hydrogens is 254 g/mol. The molecule has 108 valence electrons. The molecule has 0 radical (unpaired) electrons. The van der Waals surface area contributed by atoms with E-state index in [1.807, 2.05) is 0 Å². The van der Waals surface area contributed by atoms with Crippen LogP contribution in [0, 0.1) is 5.92 Å². The fourth-order valence-electron chi connectivity index (χ4n) is 3.34. The highest BCUT2D eigenvalue weighted by Crippen LogP contribution is 2.43. The van der Waals surface area contributed by atoms with Crippen molar-refractivity contribution in [3.8, 4) is 5.75 Å². The van der Waals surface area contributed by atoms with Gasteiger partial charge in [0, 0.05) is 25.4 Å². The van der Waals surface area contributed by atoms with Crippen LogP contribution in [0.15, 0.2) is 18.2 Å². The van der Waals surface area contributed by atoms with Crippen molar-refractivity contribution in [2.45, 2.75) is 31.8 Å². The van der Waals surface area contributed by atoms with Gasteiger partial charge in [-0.15, -0.1) is 0 Å². The number of methoxy groups -OCH3 is 1. The molecule has 1 saturated heterocycles. The van der Waals surface area contributed by atoms with E-state index >= 15 is 0 Å². The van der Waals surface area contributed by atoms with Crippen LogP contribution in [0.5, 0.6) is 5.75 Å². The minimum Gasteiger partial charge on any atom is -0.487 e. The predicted octanol–water partition coefficient (Wildman–Crippen LogP) is 1.88. The van der Waals surface area contributed by atoms with Gasteiger partial charge in [0.25, 0.3) is 0 Å². The first-order valence-corrected chi connectivity index (χ1v) is 7.11.